The highest BCUT2D eigenvalue weighted by atomic mass is 16.7. The van der Waals surface area contributed by atoms with Gasteiger partial charge in [0, 0.05) is 5.56 Å². The standard InChI is InChI=1S/C14H15NO3/c1-10(17-13(16)18-14(2,3)4)12-7-5-11(9-15)6-8-12/h5-8H,1H2,2-4H3. The summed E-state index contributed by atoms with van der Waals surface area (Å²) < 4.78 is 9.95. The maximum atomic E-state index is 11.4. The second-order valence-corrected chi connectivity index (χ2v) is 4.68. The summed E-state index contributed by atoms with van der Waals surface area (Å²) >= 11 is 0. The van der Waals surface area contributed by atoms with E-state index in [1.165, 1.54) is 0 Å². The zero-order chi connectivity index (χ0) is 13.8. The summed E-state index contributed by atoms with van der Waals surface area (Å²) in [4.78, 5) is 11.4. The van der Waals surface area contributed by atoms with Crippen LogP contribution in [0.4, 0.5) is 4.79 Å². The minimum atomic E-state index is -0.795. The molecule has 4 heteroatoms. The van der Waals surface area contributed by atoms with Crippen LogP contribution in [0.1, 0.15) is 31.9 Å². The number of nitrogens with zero attached hydrogens (tertiary/aromatic N) is 1. The lowest BCUT2D eigenvalue weighted by Gasteiger charge is -2.19. The van der Waals surface area contributed by atoms with Crippen LogP contribution in [0.3, 0.4) is 0 Å². The number of nitriles is 1. The van der Waals surface area contributed by atoms with E-state index in [0.29, 0.717) is 11.1 Å². The second kappa shape index (κ2) is 5.37. The Morgan fingerprint density at radius 3 is 2.28 bits per heavy atom. The van der Waals surface area contributed by atoms with E-state index < -0.39 is 11.8 Å². The van der Waals surface area contributed by atoms with E-state index >= 15 is 0 Å². The lowest BCUT2D eigenvalue weighted by molar-refractivity contribution is 0.0149. The summed E-state index contributed by atoms with van der Waals surface area (Å²) in [5.74, 6) is 0.189. The first-order valence-electron chi connectivity index (χ1n) is 5.42. The number of hydrogen-bond donors (Lipinski definition) is 0. The van der Waals surface area contributed by atoms with Gasteiger partial charge in [-0.25, -0.2) is 4.79 Å². The highest BCUT2D eigenvalue weighted by Crippen LogP contribution is 2.17. The third-order valence-electron chi connectivity index (χ3n) is 1.93. The van der Waals surface area contributed by atoms with E-state index in [4.69, 9.17) is 14.7 Å². The van der Waals surface area contributed by atoms with Crippen LogP contribution in [0.5, 0.6) is 0 Å². The Bertz CT molecular complexity index is 489. The van der Waals surface area contributed by atoms with Gasteiger partial charge in [0.15, 0.2) is 0 Å². The molecule has 4 nitrogen and oxygen atoms in total. The molecule has 0 saturated heterocycles. The number of benzene rings is 1. The molecule has 0 aliphatic carbocycles. The Morgan fingerprint density at radius 2 is 1.83 bits per heavy atom. The molecule has 1 aromatic carbocycles. The molecule has 0 aromatic heterocycles. The SMILES string of the molecule is C=C(OC(=O)OC(C)(C)C)c1ccc(C#N)cc1. The van der Waals surface area contributed by atoms with Gasteiger partial charge >= 0.3 is 6.16 Å². The van der Waals surface area contributed by atoms with Gasteiger partial charge in [0.1, 0.15) is 11.4 Å². The van der Waals surface area contributed by atoms with Crippen molar-refractivity contribution in [2.24, 2.45) is 0 Å². The second-order valence-electron chi connectivity index (χ2n) is 4.68. The predicted octanol–water partition coefficient (Wildman–Crippen LogP) is 3.48. The molecule has 0 radical (unpaired) electrons. The number of ether oxygens (including phenoxy) is 2. The zero-order valence-corrected chi connectivity index (χ0v) is 10.7. The smallest absolute Gasteiger partial charge is 0.428 e. The minimum absolute atomic E-state index is 0.189. The lowest BCUT2D eigenvalue weighted by atomic mass is 10.1. The van der Waals surface area contributed by atoms with Crippen molar-refractivity contribution in [2.45, 2.75) is 26.4 Å². The van der Waals surface area contributed by atoms with Crippen LogP contribution in [-0.4, -0.2) is 11.8 Å². The van der Waals surface area contributed by atoms with Crippen LogP contribution < -0.4 is 0 Å². The summed E-state index contributed by atoms with van der Waals surface area (Å²) in [5.41, 5.74) is 0.547. The molecule has 18 heavy (non-hydrogen) atoms. The fourth-order valence-corrected chi connectivity index (χ4v) is 1.16. The number of carbonyl (C=O) groups is 1. The lowest BCUT2D eigenvalue weighted by Crippen LogP contribution is -2.24. The van der Waals surface area contributed by atoms with Gasteiger partial charge in [-0.1, -0.05) is 6.58 Å². The van der Waals surface area contributed by atoms with Gasteiger partial charge in [-0.2, -0.15) is 5.26 Å². The van der Waals surface area contributed by atoms with Gasteiger partial charge in [-0.15, -0.1) is 0 Å². The molecule has 0 bridgehead atoms. The normalized spacial score (nSPS) is 10.3. The number of hydrogen-bond acceptors (Lipinski definition) is 4. The van der Waals surface area contributed by atoms with Crippen molar-refractivity contribution in [2.75, 3.05) is 0 Å². The van der Waals surface area contributed by atoms with Crippen molar-refractivity contribution in [1.82, 2.24) is 0 Å². The van der Waals surface area contributed by atoms with Crippen molar-refractivity contribution in [3.63, 3.8) is 0 Å². The van der Waals surface area contributed by atoms with Crippen LogP contribution in [0, 0.1) is 11.3 Å². The summed E-state index contributed by atoms with van der Waals surface area (Å²) in [7, 11) is 0. The fourth-order valence-electron chi connectivity index (χ4n) is 1.16. The fraction of sp³-hybridized carbons (Fsp3) is 0.286. The molecule has 0 heterocycles. The van der Waals surface area contributed by atoms with Crippen LogP contribution in [0.25, 0.3) is 5.76 Å². The van der Waals surface area contributed by atoms with Gasteiger partial charge in [-0.3, -0.25) is 0 Å². The van der Waals surface area contributed by atoms with Crippen molar-refractivity contribution in [3.8, 4) is 6.07 Å². The third-order valence-corrected chi connectivity index (χ3v) is 1.93. The van der Waals surface area contributed by atoms with E-state index in [2.05, 4.69) is 6.58 Å². The van der Waals surface area contributed by atoms with Gasteiger partial charge < -0.3 is 9.47 Å². The van der Waals surface area contributed by atoms with E-state index in [0.717, 1.165) is 0 Å². The number of carbonyl (C=O) groups excluding carboxylic acids is 1. The quantitative estimate of drug-likeness (QED) is 0.591. The summed E-state index contributed by atoms with van der Waals surface area (Å²) in [6, 6.07) is 8.57. The molecule has 0 unspecified atom stereocenters. The highest BCUT2D eigenvalue weighted by molar-refractivity contribution is 5.72. The van der Waals surface area contributed by atoms with Gasteiger partial charge in [0.25, 0.3) is 0 Å². The van der Waals surface area contributed by atoms with E-state index in [1.54, 1.807) is 45.0 Å². The van der Waals surface area contributed by atoms with Crippen molar-refractivity contribution in [3.05, 3.63) is 42.0 Å². The van der Waals surface area contributed by atoms with Gasteiger partial charge in [-0.05, 0) is 45.0 Å². The summed E-state index contributed by atoms with van der Waals surface area (Å²) in [6.07, 6.45) is -0.795. The molecule has 0 aliphatic heterocycles. The molecule has 0 fully saturated rings. The monoisotopic (exact) mass is 245 g/mol. The Labute approximate surface area is 106 Å². The topological polar surface area (TPSA) is 59.3 Å². The van der Waals surface area contributed by atoms with E-state index in [-0.39, 0.29) is 5.76 Å². The minimum Gasteiger partial charge on any atom is -0.428 e. The predicted molar refractivity (Wildman–Crippen MR) is 67.5 cm³/mol. The van der Waals surface area contributed by atoms with Crippen molar-refractivity contribution in [1.29, 1.82) is 5.26 Å². The average Bonchev–Trinajstić information content (AvgIpc) is 2.26. The first kappa shape index (κ1) is 13.8. The largest absolute Gasteiger partial charge is 0.514 e. The molecule has 94 valence electrons. The van der Waals surface area contributed by atoms with E-state index in [9.17, 15) is 4.79 Å². The Kier molecular flexibility index (Phi) is 4.11. The molecule has 0 spiro atoms. The molecule has 1 aromatic rings. The molecular formula is C14H15NO3. The molecule has 0 amide bonds. The van der Waals surface area contributed by atoms with Crippen molar-refractivity contribution < 1.29 is 14.3 Å². The van der Waals surface area contributed by atoms with Crippen LogP contribution in [0.2, 0.25) is 0 Å². The van der Waals surface area contributed by atoms with Crippen molar-refractivity contribution >= 4 is 11.9 Å². The molecule has 0 N–H and O–H groups in total. The zero-order valence-electron chi connectivity index (χ0n) is 10.7. The maximum absolute atomic E-state index is 11.4. The molecule has 0 atom stereocenters. The third kappa shape index (κ3) is 4.30. The molecule has 0 aliphatic rings. The molecular weight excluding hydrogens is 230 g/mol. The molecule has 1 rings (SSSR count). The van der Waals surface area contributed by atoms with Gasteiger partial charge in [0.2, 0.25) is 0 Å². The van der Waals surface area contributed by atoms with Gasteiger partial charge in [0.05, 0.1) is 11.6 Å². The summed E-state index contributed by atoms with van der Waals surface area (Å²) in [6.45, 7) is 8.89. The summed E-state index contributed by atoms with van der Waals surface area (Å²) in [5, 5.41) is 8.66. The first-order valence-corrected chi connectivity index (χ1v) is 5.42. The Balaban J connectivity index is 2.65. The average molecular weight is 245 g/mol. The Morgan fingerprint density at radius 1 is 1.28 bits per heavy atom. The Hall–Kier alpha value is -2.28. The molecule has 0 saturated carbocycles. The highest BCUT2D eigenvalue weighted by Gasteiger charge is 2.18. The van der Waals surface area contributed by atoms with Crippen LogP contribution in [-0.2, 0) is 9.47 Å². The number of rotatable bonds is 2. The van der Waals surface area contributed by atoms with Crippen LogP contribution in [0.15, 0.2) is 30.8 Å². The van der Waals surface area contributed by atoms with Crippen LogP contribution >= 0.6 is 0 Å². The maximum Gasteiger partial charge on any atom is 0.514 e. The van der Waals surface area contributed by atoms with E-state index in [1.807, 2.05) is 6.07 Å². The first-order chi connectivity index (χ1) is 8.31.